The first-order valence-corrected chi connectivity index (χ1v) is 16.2. The van der Waals surface area contributed by atoms with Gasteiger partial charge in [-0.3, -0.25) is 14.2 Å². The number of nitrogens with one attached hydrogen (secondary N) is 1. The summed E-state index contributed by atoms with van der Waals surface area (Å²) in [7, 11) is 0. The molecule has 0 bridgehead atoms. The number of hydrogen-bond donors (Lipinski definition) is 1. The van der Waals surface area contributed by atoms with E-state index in [0.717, 1.165) is 50.8 Å². The molecule has 2 heterocycles. The number of ketones is 1. The molecular weight excluding hydrogens is 546 g/mol. The smallest absolute Gasteiger partial charge is 0.346 e. The predicted octanol–water partition coefficient (Wildman–Crippen LogP) is 5.06. The van der Waals surface area contributed by atoms with Gasteiger partial charge < -0.3 is 4.74 Å². The molecule has 3 aromatic rings. The number of aromatic amines is 1. The molecule has 2 saturated carbocycles. The first kappa shape index (κ1) is 30.8. The number of benzene rings is 1. The summed E-state index contributed by atoms with van der Waals surface area (Å²) in [5.74, 6) is 2.63. The Balaban J connectivity index is 1.34. The van der Waals surface area contributed by atoms with Gasteiger partial charge in [0, 0.05) is 24.4 Å². The lowest BCUT2D eigenvalue weighted by Crippen LogP contribution is -2.36. The van der Waals surface area contributed by atoms with Crippen LogP contribution in [0, 0.1) is 17.8 Å². The molecule has 2 aliphatic rings. The Hall–Kier alpha value is -3.63. The number of aromatic nitrogens is 7. The number of esters is 1. The molecule has 3 atom stereocenters. The zero-order valence-corrected chi connectivity index (χ0v) is 25.5. The number of rotatable bonds is 13. The topological polar surface area (TPSA) is 138 Å². The van der Waals surface area contributed by atoms with Crippen molar-refractivity contribution in [3.05, 3.63) is 58.0 Å². The largest absolute Gasteiger partial charge is 0.466 e. The highest BCUT2D eigenvalue weighted by Crippen LogP contribution is 2.46. The number of unbranched alkanes of at least 4 members (excludes halogenated alkanes) is 1. The predicted molar refractivity (Wildman–Crippen MR) is 160 cm³/mol. The van der Waals surface area contributed by atoms with Gasteiger partial charge in [0.05, 0.1) is 13.0 Å². The van der Waals surface area contributed by atoms with Crippen LogP contribution in [0.4, 0.5) is 0 Å². The minimum atomic E-state index is -1.06. The minimum Gasteiger partial charge on any atom is -0.466 e. The van der Waals surface area contributed by atoms with E-state index in [9.17, 15) is 14.4 Å². The Bertz CT molecular complexity index is 1380. The molecule has 232 valence electrons. The van der Waals surface area contributed by atoms with E-state index in [1.54, 1.807) is 35.8 Å². The van der Waals surface area contributed by atoms with E-state index in [1.165, 1.54) is 23.9 Å². The van der Waals surface area contributed by atoms with Gasteiger partial charge in [-0.1, -0.05) is 61.7 Å². The highest BCUT2D eigenvalue weighted by atomic mass is 16.5. The number of carbonyl (C=O) groups excluding carboxylic acids is 2. The number of aryl methyl sites for hydroxylation is 1. The van der Waals surface area contributed by atoms with Crippen LogP contribution in [0.1, 0.15) is 118 Å². The molecule has 0 radical (unpaired) electrons. The summed E-state index contributed by atoms with van der Waals surface area (Å²) >= 11 is 0. The summed E-state index contributed by atoms with van der Waals surface area (Å²) in [6.07, 6.45) is 11.4. The Morgan fingerprint density at radius 3 is 2.51 bits per heavy atom. The third kappa shape index (κ3) is 7.30. The standard InChI is InChI=1S/C32H45N7O4/c1-3-5-15-28-35-39(27(20-29(40)43-4-2)30(41)24-11-7-6-8-12-24)32(42)38(28)21-22-16-18-23(19-17-22)25-13-9-10-14-26(25)31-33-36-37-34-31/h6-8,11-12,22-23,25-27H,3-5,9-10,13-21H2,1-2H3,(H,33,34,36,37). The zero-order chi connectivity index (χ0) is 30.2. The highest BCUT2D eigenvalue weighted by molar-refractivity contribution is 6.00. The maximum absolute atomic E-state index is 14.0. The monoisotopic (exact) mass is 591 g/mol. The van der Waals surface area contributed by atoms with Gasteiger partial charge in [-0.2, -0.15) is 10.3 Å². The van der Waals surface area contributed by atoms with E-state index in [-0.39, 0.29) is 24.5 Å². The molecule has 2 fully saturated rings. The summed E-state index contributed by atoms with van der Waals surface area (Å²) in [4.78, 5) is 40.2. The van der Waals surface area contributed by atoms with Crippen molar-refractivity contribution in [1.82, 2.24) is 35.0 Å². The summed E-state index contributed by atoms with van der Waals surface area (Å²) in [5.41, 5.74) is 0.116. The van der Waals surface area contributed by atoms with Gasteiger partial charge in [-0.15, -0.1) is 10.2 Å². The molecule has 1 N–H and O–H groups in total. The van der Waals surface area contributed by atoms with E-state index in [2.05, 4.69) is 27.5 Å². The molecule has 3 unspecified atom stereocenters. The van der Waals surface area contributed by atoms with Crippen LogP contribution in [0.3, 0.4) is 0 Å². The Kier molecular flexibility index (Phi) is 10.5. The van der Waals surface area contributed by atoms with E-state index in [4.69, 9.17) is 9.84 Å². The molecule has 11 nitrogen and oxygen atoms in total. The van der Waals surface area contributed by atoms with E-state index < -0.39 is 12.0 Å². The summed E-state index contributed by atoms with van der Waals surface area (Å²) in [6, 6.07) is 7.73. The second-order valence-electron chi connectivity index (χ2n) is 12.2. The SMILES string of the molecule is CCCCc1nn(C(CC(=O)OCC)C(=O)c2ccccc2)c(=O)n1CC1CCC(C2CCCCC2c2nn[nH]n2)CC1. The third-order valence-electron chi connectivity index (χ3n) is 9.49. The first-order valence-electron chi connectivity index (χ1n) is 16.2. The second-order valence-corrected chi connectivity index (χ2v) is 12.2. The number of H-pyrrole nitrogens is 1. The fraction of sp³-hybridized carbons (Fsp3) is 0.656. The van der Waals surface area contributed by atoms with Crippen molar-refractivity contribution in [3.8, 4) is 0 Å². The van der Waals surface area contributed by atoms with Crippen molar-refractivity contribution in [2.45, 2.75) is 109 Å². The summed E-state index contributed by atoms with van der Waals surface area (Å²) in [5, 5.41) is 19.8. The minimum absolute atomic E-state index is 0.204. The lowest BCUT2D eigenvalue weighted by Gasteiger charge is -2.39. The van der Waals surface area contributed by atoms with Crippen LogP contribution in [0.15, 0.2) is 35.1 Å². The van der Waals surface area contributed by atoms with Crippen molar-refractivity contribution in [2.24, 2.45) is 17.8 Å². The molecular formula is C32H45N7O4. The van der Waals surface area contributed by atoms with Crippen LogP contribution in [-0.4, -0.2) is 53.3 Å². The fourth-order valence-electron chi connectivity index (χ4n) is 7.25. The molecule has 0 aliphatic heterocycles. The van der Waals surface area contributed by atoms with Crippen LogP contribution in [-0.2, 0) is 22.5 Å². The van der Waals surface area contributed by atoms with Crippen molar-refractivity contribution in [3.63, 3.8) is 0 Å². The van der Waals surface area contributed by atoms with Gasteiger partial charge >= 0.3 is 11.7 Å². The molecule has 2 aromatic heterocycles. The van der Waals surface area contributed by atoms with Gasteiger partial charge in [0.2, 0.25) is 0 Å². The lowest BCUT2D eigenvalue weighted by molar-refractivity contribution is -0.143. The average molecular weight is 592 g/mol. The van der Waals surface area contributed by atoms with Crippen LogP contribution in [0.25, 0.3) is 0 Å². The van der Waals surface area contributed by atoms with Crippen molar-refractivity contribution >= 4 is 11.8 Å². The van der Waals surface area contributed by atoms with E-state index in [1.807, 2.05) is 6.07 Å². The van der Waals surface area contributed by atoms with Gasteiger partial charge in [0.1, 0.15) is 11.9 Å². The summed E-state index contributed by atoms with van der Waals surface area (Å²) in [6.45, 7) is 4.62. The van der Waals surface area contributed by atoms with Gasteiger partial charge in [0.15, 0.2) is 11.6 Å². The van der Waals surface area contributed by atoms with Gasteiger partial charge in [-0.05, 0) is 69.6 Å². The number of Topliss-reactive ketones (excluding diaryl/α,β-unsaturated/α-hetero) is 1. The molecule has 0 spiro atoms. The normalized spacial score (nSPS) is 23.1. The van der Waals surface area contributed by atoms with Crippen LogP contribution >= 0.6 is 0 Å². The molecule has 11 heteroatoms. The van der Waals surface area contributed by atoms with Crippen LogP contribution in [0.5, 0.6) is 0 Å². The van der Waals surface area contributed by atoms with Crippen LogP contribution in [0.2, 0.25) is 0 Å². The number of carbonyl (C=O) groups is 2. The van der Waals surface area contributed by atoms with Gasteiger partial charge in [0.25, 0.3) is 0 Å². The Morgan fingerprint density at radius 2 is 1.81 bits per heavy atom. The number of ether oxygens (including phenoxy) is 1. The average Bonchev–Trinajstić information content (AvgIpc) is 3.68. The van der Waals surface area contributed by atoms with Crippen molar-refractivity contribution < 1.29 is 14.3 Å². The molecule has 5 rings (SSSR count). The number of nitrogens with zero attached hydrogens (tertiary/aromatic N) is 6. The number of tetrazole rings is 1. The Labute approximate surface area is 252 Å². The quantitative estimate of drug-likeness (QED) is 0.215. The second kappa shape index (κ2) is 14.7. The lowest BCUT2D eigenvalue weighted by atomic mass is 9.66. The van der Waals surface area contributed by atoms with Crippen molar-refractivity contribution in [2.75, 3.05) is 6.61 Å². The molecule has 0 saturated heterocycles. The first-order chi connectivity index (χ1) is 21.0. The fourth-order valence-corrected chi connectivity index (χ4v) is 7.25. The maximum atomic E-state index is 14.0. The van der Waals surface area contributed by atoms with Crippen molar-refractivity contribution in [1.29, 1.82) is 0 Å². The zero-order valence-electron chi connectivity index (χ0n) is 25.5. The summed E-state index contributed by atoms with van der Waals surface area (Å²) < 4.78 is 8.21. The third-order valence-corrected chi connectivity index (χ3v) is 9.49. The van der Waals surface area contributed by atoms with E-state index >= 15 is 0 Å². The Morgan fingerprint density at radius 1 is 1.05 bits per heavy atom. The molecule has 2 aliphatic carbocycles. The number of hydrogen-bond acceptors (Lipinski definition) is 8. The molecule has 1 aromatic carbocycles. The maximum Gasteiger partial charge on any atom is 0.346 e. The van der Waals surface area contributed by atoms with Crippen LogP contribution < -0.4 is 5.69 Å². The molecule has 43 heavy (non-hydrogen) atoms. The van der Waals surface area contributed by atoms with Gasteiger partial charge in [-0.25, -0.2) is 9.48 Å². The highest BCUT2D eigenvalue weighted by Gasteiger charge is 2.37. The molecule has 0 amide bonds. The van der Waals surface area contributed by atoms with E-state index in [0.29, 0.717) is 48.0 Å².